The van der Waals surface area contributed by atoms with Gasteiger partial charge in [0.25, 0.3) is 0 Å². The molecule has 0 aromatic carbocycles. The number of carboxylic acid groups (broad SMARTS) is 1. The molecule has 5 heteroatoms. The SMILES string of the molecule is CC.CCC(O)(CC(=O)O)CC(=O)OC. The van der Waals surface area contributed by atoms with Gasteiger partial charge in [-0.2, -0.15) is 0 Å². The Balaban J connectivity index is 0. The largest absolute Gasteiger partial charge is 0.481 e. The highest BCUT2D eigenvalue weighted by molar-refractivity contribution is 5.73. The van der Waals surface area contributed by atoms with Crippen molar-refractivity contribution in [3.05, 3.63) is 0 Å². The van der Waals surface area contributed by atoms with Crippen molar-refractivity contribution in [2.24, 2.45) is 0 Å². The van der Waals surface area contributed by atoms with E-state index in [4.69, 9.17) is 5.11 Å². The van der Waals surface area contributed by atoms with Gasteiger partial charge in [-0.25, -0.2) is 0 Å². The molecular formula is C10H20O5. The van der Waals surface area contributed by atoms with Crippen LogP contribution in [-0.4, -0.2) is 34.9 Å². The van der Waals surface area contributed by atoms with E-state index < -0.39 is 24.0 Å². The normalized spacial score (nSPS) is 13.1. The zero-order valence-corrected chi connectivity index (χ0v) is 9.74. The van der Waals surface area contributed by atoms with Crippen molar-refractivity contribution in [3.8, 4) is 0 Å². The third kappa shape index (κ3) is 7.93. The standard InChI is InChI=1S/C8H14O5.C2H6/c1-3-8(12,4-6(9)10)5-7(11)13-2;1-2/h12H,3-5H2,1-2H3,(H,9,10);1-2H3. The Kier molecular flexibility index (Phi) is 8.96. The summed E-state index contributed by atoms with van der Waals surface area (Å²) in [7, 11) is 1.19. The van der Waals surface area contributed by atoms with E-state index in [0.29, 0.717) is 0 Å². The lowest BCUT2D eigenvalue weighted by Crippen LogP contribution is -2.34. The van der Waals surface area contributed by atoms with E-state index in [9.17, 15) is 14.7 Å². The maximum absolute atomic E-state index is 10.8. The molecule has 90 valence electrons. The van der Waals surface area contributed by atoms with Crippen LogP contribution < -0.4 is 0 Å². The van der Waals surface area contributed by atoms with Gasteiger partial charge in [-0.1, -0.05) is 20.8 Å². The molecule has 0 heterocycles. The number of hydrogen-bond acceptors (Lipinski definition) is 4. The van der Waals surface area contributed by atoms with Crippen LogP contribution in [0, 0.1) is 0 Å². The molecule has 0 aromatic rings. The molecule has 0 bridgehead atoms. The smallest absolute Gasteiger partial charge is 0.308 e. The highest BCUT2D eigenvalue weighted by atomic mass is 16.5. The lowest BCUT2D eigenvalue weighted by Gasteiger charge is -2.22. The molecule has 0 radical (unpaired) electrons. The first-order valence-electron chi connectivity index (χ1n) is 4.94. The topological polar surface area (TPSA) is 83.8 Å². The second-order valence-electron chi connectivity index (χ2n) is 2.90. The van der Waals surface area contributed by atoms with Crippen LogP contribution in [0.25, 0.3) is 0 Å². The third-order valence-electron chi connectivity index (χ3n) is 1.84. The molecule has 1 unspecified atom stereocenters. The summed E-state index contributed by atoms with van der Waals surface area (Å²) in [6, 6.07) is 0. The first-order chi connectivity index (χ1) is 6.93. The van der Waals surface area contributed by atoms with Crippen LogP contribution in [0.15, 0.2) is 0 Å². The quantitative estimate of drug-likeness (QED) is 0.680. The summed E-state index contributed by atoms with van der Waals surface area (Å²) in [5, 5.41) is 18.1. The molecule has 2 N–H and O–H groups in total. The Bertz CT molecular complexity index is 202. The van der Waals surface area contributed by atoms with Crippen LogP contribution in [0.1, 0.15) is 40.0 Å². The molecule has 0 rings (SSSR count). The maximum Gasteiger partial charge on any atom is 0.308 e. The van der Waals surface area contributed by atoms with Gasteiger partial charge in [0.1, 0.15) is 0 Å². The van der Waals surface area contributed by atoms with Gasteiger partial charge in [0.05, 0.1) is 25.6 Å². The summed E-state index contributed by atoms with van der Waals surface area (Å²) in [5.41, 5.74) is -1.49. The predicted molar refractivity (Wildman–Crippen MR) is 55.5 cm³/mol. The molecule has 15 heavy (non-hydrogen) atoms. The van der Waals surface area contributed by atoms with Crippen LogP contribution in [0.5, 0.6) is 0 Å². The van der Waals surface area contributed by atoms with E-state index in [1.807, 2.05) is 13.8 Å². The summed E-state index contributed by atoms with van der Waals surface area (Å²) in [5.74, 6) is -1.74. The number of carbonyl (C=O) groups excluding carboxylic acids is 1. The number of carbonyl (C=O) groups is 2. The molecule has 1 atom stereocenters. The average molecular weight is 220 g/mol. The number of esters is 1. The third-order valence-corrected chi connectivity index (χ3v) is 1.84. The van der Waals surface area contributed by atoms with Crippen LogP contribution in [0.2, 0.25) is 0 Å². The molecule has 0 fully saturated rings. The fourth-order valence-electron chi connectivity index (χ4n) is 0.935. The summed E-state index contributed by atoms with van der Waals surface area (Å²) < 4.78 is 4.34. The molecule has 0 aliphatic carbocycles. The summed E-state index contributed by atoms with van der Waals surface area (Å²) in [4.78, 5) is 21.1. The molecular weight excluding hydrogens is 200 g/mol. The van der Waals surface area contributed by atoms with Crippen LogP contribution >= 0.6 is 0 Å². The lowest BCUT2D eigenvalue weighted by atomic mass is 9.93. The number of carboxylic acids is 1. The van der Waals surface area contributed by atoms with E-state index in [1.165, 1.54) is 7.11 Å². The summed E-state index contributed by atoms with van der Waals surface area (Å²) in [6.45, 7) is 5.62. The second kappa shape index (κ2) is 8.23. The number of aliphatic carboxylic acids is 1. The molecule has 5 nitrogen and oxygen atoms in total. The second-order valence-corrected chi connectivity index (χ2v) is 2.90. The van der Waals surface area contributed by atoms with Crippen LogP contribution in [-0.2, 0) is 14.3 Å². The van der Waals surface area contributed by atoms with Crippen molar-refractivity contribution in [1.29, 1.82) is 0 Å². The molecule has 0 amide bonds. The van der Waals surface area contributed by atoms with Gasteiger partial charge in [0, 0.05) is 0 Å². The Morgan fingerprint density at radius 1 is 1.27 bits per heavy atom. The van der Waals surface area contributed by atoms with Gasteiger partial charge in [-0.05, 0) is 6.42 Å². The lowest BCUT2D eigenvalue weighted by molar-refractivity contribution is -0.150. The van der Waals surface area contributed by atoms with E-state index >= 15 is 0 Å². The van der Waals surface area contributed by atoms with Crippen LogP contribution in [0.4, 0.5) is 0 Å². The van der Waals surface area contributed by atoms with E-state index in [1.54, 1.807) is 6.92 Å². The number of rotatable bonds is 5. The molecule has 0 spiro atoms. The first kappa shape index (κ1) is 16.3. The van der Waals surface area contributed by atoms with Gasteiger partial charge >= 0.3 is 11.9 Å². The number of hydrogen-bond donors (Lipinski definition) is 2. The maximum atomic E-state index is 10.8. The molecule has 0 saturated carbocycles. The highest BCUT2D eigenvalue weighted by Gasteiger charge is 2.31. The van der Waals surface area contributed by atoms with Crippen molar-refractivity contribution in [1.82, 2.24) is 0 Å². The Hall–Kier alpha value is -1.10. The minimum Gasteiger partial charge on any atom is -0.481 e. The van der Waals surface area contributed by atoms with Gasteiger partial charge < -0.3 is 14.9 Å². The van der Waals surface area contributed by atoms with E-state index in [0.717, 1.165) is 0 Å². The fourth-order valence-corrected chi connectivity index (χ4v) is 0.935. The minimum atomic E-state index is -1.49. The van der Waals surface area contributed by atoms with Gasteiger partial charge in [-0.15, -0.1) is 0 Å². The number of ether oxygens (including phenoxy) is 1. The van der Waals surface area contributed by atoms with Crippen molar-refractivity contribution in [2.75, 3.05) is 7.11 Å². The molecule has 0 aliphatic heterocycles. The van der Waals surface area contributed by atoms with Crippen molar-refractivity contribution in [3.63, 3.8) is 0 Å². The monoisotopic (exact) mass is 220 g/mol. The predicted octanol–water partition coefficient (Wildman–Crippen LogP) is 1.19. The number of aliphatic hydroxyl groups is 1. The van der Waals surface area contributed by atoms with Gasteiger partial charge in [-0.3, -0.25) is 9.59 Å². The zero-order valence-electron chi connectivity index (χ0n) is 9.74. The Morgan fingerprint density at radius 3 is 2.00 bits per heavy atom. The fraction of sp³-hybridized carbons (Fsp3) is 0.800. The first-order valence-corrected chi connectivity index (χ1v) is 4.94. The summed E-state index contributed by atoms with van der Waals surface area (Å²) >= 11 is 0. The van der Waals surface area contributed by atoms with Crippen molar-refractivity contribution in [2.45, 2.75) is 45.6 Å². The van der Waals surface area contributed by atoms with Crippen molar-refractivity contribution >= 4 is 11.9 Å². The van der Waals surface area contributed by atoms with Gasteiger partial charge in [0.2, 0.25) is 0 Å². The van der Waals surface area contributed by atoms with Gasteiger partial charge in [0.15, 0.2) is 0 Å². The Labute approximate surface area is 90.1 Å². The minimum absolute atomic E-state index is 0.203. The number of methoxy groups -OCH3 is 1. The highest BCUT2D eigenvalue weighted by Crippen LogP contribution is 2.20. The molecule has 0 saturated heterocycles. The van der Waals surface area contributed by atoms with Crippen LogP contribution in [0.3, 0.4) is 0 Å². The summed E-state index contributed by atoms with van der Waals surface area (Å²) in [6.07, 6.45) is -0.528. The average Bonchev–Trinajstić information content (AvgIpc) is 2.19. The molecule has 0 aliphatic rings. The van der Waals surface area contributed by atoms with Crippen molar-refractivity contribution < 1.29 is 24.5 Å². The zero-order chi connectivity index (χ0) is 12.5. The van der Waals surface area contributed by atoms with E-state index in [2.05, 4.69) is 4.74 Å². The Morgan fingerprint density at radius 2 is 1.73 bits per heavy atom. The van der Waals surface area contributed by atoms with E-state index in [-0.39, 0.29) is 12.8 Å². The molecule has 0 aromatic heterocycles.